The highest BCUT2D eigenvalue weighted by atomic mass is 32.1. The Morgan fingerprint density at radius 3 is 2.95 bits per heavy atom. The number of aromatic nitrogens is 1. The van der Waals surface area contributed by atoms with Crippen LogP contribution >= 0.6 is 11.3 Å². The van der Waals surface area contributed by atoms with Crippen molar-refractivity contribution in [2.45, 2.75) is 18.9 Å². The van der Waals surface area contributed by atoms with Crippen LogP contribution in [0, 0.1) is 0 Å². The number of ether oxygens (including phenoxy) is 2. The lowest BCUT2D eigenvalue weighted by Crippen LogP contribution is -2.37. The number of rotatable bonds is 5. The van der Waals surface area contributed by atoms with Crippen LogP contribution in [-0.4, -0.2) is 44.5 Å². The molecule has 0 radical (unpaired) electrons. The molecule has 0 spiro atoms. The Morgan fingerprint density at radius 2 is 2.15 bits per heavy atom. The van der Waals surface area contributed by atoms with Gasteiger partial charge in [0.05, 0.1) is 35.2 Å². The lowest BCUT2D eigenvalue weighted by atomic mass is 10.1. The summed E-state index contributed by atoms with van der Waals surface area (Å²) in [6.07, 6.45) is 4.45. The number of anilines is 1. The minimum atomic E-state index is 0.377. The van der Waals surface area contributed by atoms with E-state index in [-0.39, 0.29) is 0 Å². The van der Waals surface area contributed by atoms with Gasteiger partial charge in [-0.05, 0) is 30.4 Å². The molecule has 5 heteroatoms. The summed E-state index contributed by atoms with van der Waals surface area (Å²) in [6.45, 7) is 3.48. The summed E-state index contributed by atoms with van der Waals surface area (Å²) >= 11 is 1.77. The van der Waals surface area contributed by atoms with E-state index in [0.717, 1.165) is 31.4 Å². The fourth-order valence-corrected chi connectivity index (χ4v) is 3.56. The van der Waals surface area contributed by atoms with Crippen molar-refractivity contribution < 1.29 is 9.47 Å². The molecule has 0 atom stereocenters. The number of nitrogens with zero attached hydrogens (tertiary/aromatic N) is 2. The van der Waals surface area contributed by atoms with Gasteiger partial charge in [0, 0.05) is 26.4 Å². The van der Waals surface area contributed by atoms with Crippen molar-refractivity contribution in [3.63, 3.8) is 0 Å². The highest BCUT2D eigenvalue weighted by molar-refractivity contribution is 7.17. The quantitative estimate of drug-likeness (QED) is 0.794. The molecule has 0 N–H and O–H groups in total. The van der Waals surface area contributed by atoms with Crippen LogP contribution < -0.4 is 4.90 Å². The van der Waals surface area contributed by atoms with Gasteiger partial charge in [-0.15, -0.1) is 11.3 Å². The van der Waals surface area contributed by atoms with E-state index in [0.29, 0.717) is 19.3 Å². The second-order valence-electron chi connectivity index (χ2n) is 5.02. The van der Waals surface area contributed by atoms with Crippen molar-refractivity contribution in [3.8, 4) is 0 Å². The van der Waals surface area contributed by atoms with Gasteiger partial charge in [-0.3, -0.25) is 4.98 Å². The first-order valence-corrected chi connectivity index (χ1v) is 7.94. The fraction of sp³-hybridized carbons (Fsp3) is 0.533. The zero-order chi connectivity index (χ0) is 13.8. The summed E-state index contributed by atoms with van der Waals surface area (Å²) in [7, 11) is 1.71. The highest BCUT2D eigenvalue weighted by Gasteiger charge is 2.21. The van der Waals surface area contributed by atoms with Crippen LogP contribution in [0.15, 0.2) is 23.7 Å². The van der Waals surface area contributed by atoms with E-state index in [1.165, 1.54) is 10.4 Å². The molecule has 1 saturated heterocycles. The maximum absolute atomic E-state index is 5.82. The van der Waals surface area contributed by atoms with Gasteiger partial charge in [0.2, 0.25) is 0 Å². The van der Waals surface area contributed by atoms with Crippen LogP contribution in [0.2, 0.25) is 0 Å². The predicted molar refractivity (Wildman–Crippen MR) is 82.7 cm³/mol. The number of hydrogen-bond donors (Lipinski definition) is 0. The van der Waals surface area contributed by atoms with E-state index >= 15 is 0 Å². The van der Waals surface area contributed by atoms with Crippen LogP contribution in [0.4, 0.5) is 5.69 Å². The van der Waals surface area contributed by atoms with Crippen LogP contribution in [0.25, 0.3) is 10.2 Å². The number of hydrogen-bond acceptors (Lipinski definition) is 5. The van der Waals surface area contributed by atoms with Gasteiger partial charge in [0.15, 0.2) is 0 Å². The lowest BCUT2D eigenvalue weighted by molar-refractivity contribution is 0.00612. The van der Waals surface area contributed by atoms with Gasteiger partial charge in [-0.1, -0.05) is 0 Å². The maximum atomic E-state index is 5.82. The standard InChI is InChI=1S/C15H20N2O2S/c1-18-9-10-19-12-3-7-17(8-4-12)14-2-6-16-13-5-11-20-15(13)14/h2,5-6,11-12H,3-4,7-10H2,1H3. The Labute approximate surface area is 123 Å². The first-order valence-electron chi connectivity index (χ1n) is 7.06. The average Bonchev–Trinajstić information content (AvgIpc) is 2.97. The Hall–Kier alpha value is -1.17. The molecule has 0 amide bonds. The summed E-state index contributed by atoms with van der Waals surface area (Å²) in [5.41, 5.74) is 2.42. The highest BCUT2D eigenvalue weighted by Crippen LogP contribution is 2.31. The minimum Gasteiger partial charge on any atom is -0.382 e. The summed E-state index contributed by atoms with van der Waals surface area (Å²) in [6, 6.07) is 4.22. The summed E-state index contributed by atoms with van der Waals surface area (Å²) < 4.78 is 12.1. The molecule has 1 aliphatic heterocycles. The van der Waals surface area contributed by atoms with E-state index in [4.69, 9.17) is 9.47 Å². The van der Waals surface area contributed by atoms with Crippen LogP contribution in [-0.2, 0) is 9.47 Å². The molecule has 0 bridgehead atoms. The van der Waals surface area contributed by atoms with Crippen molar-refractivity contribution >= 4 is 27.2 Å². The molecule has 0 aromatic carbocycles. The SMILES string of the molecule is COCCOC1CCN(c2ccnc3ccsc23)CC1. The van der Waals surface area contributed by atoms with Crippen molar-refractivity contribution in [1.82, 2.24) is 4.98 Å². The molecule has 0 unspecified atom stereocenters. The van der Waals surface area contributed by atoms with E-state index < -0.39 is 0 Å². The van der Waals surface area contributed by atoms with Gasteiger partial charge < -0.3 is 14.4 Å². The van der Waals surface area contributed by atoms with Crippen LogP contribution in [0.1, 0.15) is 12.8 Å². The van der Waals surface area contributed by atoms with Gasteiger partial charge in [-0.25, -0.2) is 0 Å². The normalized spacial score (nSPS) is 16.9. The molecular weight excluding hydrogens is 272 g/mol. The Bertz CT molecular complexity index is 550. The third kappa shape index (κ3) is 2.95. The third-order valence-corrected chi connectivity index (χ3v) is 4.67. The van der Waals surface area contributed by atoms with Crippen molar-refractivity contribution in [1.29, 1.82) is 0 Å². The molecule has 2 aromatic rings. The average molecular weight is 292 g/mol. The van der Waals surface area contributed by atoms with Crippen LogP contribution in [0.5, 0.6) is 0 Å². The fourth-order valence-electron chi connectivity index (χ4n) is 2.67. The minimum absolute atomic E-state index is 0.377. The largest absolute Gasteiger partial charge is 0.382 e. The van der Waals surface area contributed by atoms with Crippen LogP contribution in [0.3, 0.4) is 0 Å². The molecule has 108 valence electrons. The Balaban J connectivity index is 1.62. The van der Waals surface area contributed by atoms with Crippen molar-refractivity contribution in [3.05, 3.63) is 23.7 Å². The molecule has 3 heterocycles. The number of piperidine rings is 1. The zero-order valence-electron chi connectivity index (χ0n) is 11.7. The smallest absolute Gasteiger partial charge is 0.0830 e. The number of thiophene rings is 1. The van der Waals surface area contributed by atoms with Crippen molar-refractivity contribution in [2.24, 2.45) is 0 Å². The molecule has 0 aliphatic carbocycles. The summed E-state index contributed by atoms with van der Waals surface area (Å²) in [5, 5.41) is 2.11. The first-order chi connectivity index (χ1) is 9.88. The van der Waals surface area contributed by atoms with Gasteiger partial charge in [0.1, 0.15) is 0 Å². The van der Waals surface area contributed by atoms with E-state index in [2.05, 4.69) is 27.4 Å². The number of pyridine rings is 1. The summed E-state index contributed by atoms with van der Waals surface area (Å²) in [4.78, 5) is 6.86. The molecule has 3 rings (SSSR count). The van der Waals surface area contributed by atoms with Gasteiger partial charge in [-0.2, -0.15) is 0 Å². The molecule has 2 aromatic heterocycles. The van der Waals surface area contributed by atoms with E-state index in [1.807, 2.05) is 6.20 Å². The molecule has 1 fully saturated rings. The Kier molecular flexibility index (Phi) is 4.50. The lowest BCUT2D eigenvalue weighted by Gasteiger charge is -2.33. The number of methoxy groups -OCH3 is 1. The molecular formula is C15H20N2O2S. The molecule has 20 heavy (non-hydrogen) atoms. The van der Waals surface area contributed by atoms with Gasteiger partial charge >= 0.3 is 0 Å². The molecule has 1 aliphatic rings. The zero-order valence-corrected chi connectivity index (χ0v) is 12.6. The third-order valence-electron chi connectivity index (χ3n) is 3.75. The monoisotopic (exact) mass is 292 g/mol. The van der Waals surface area contributed by atoms with E-state index in [1.54, 1.807) is 18.4 Å². The van der Waals surface area contributed by atoms with Gasteiger partial charge in [0.25, 0.3) is 0 Å². The summed E-state index contributed by atoms with van der Waals surface area (Å²) in [5.74, 6) is 0. The van der Waals surface area contributed by atoms with Crippen molar-refractivity contribution in [2.75, 3.05) is 38.3 Å². The Morgan fingerprint density at radius 1 is 1.30 bits per heavy atom. The molecule has 0 saturated carbocycles. The topological polar surface area (TPSA) is 34.6 Å². The van der Waals surface area contributed by atoms with E-state index in [9.17, 15) is 0 Å². The second-order valence-corrected chi connectivity index (χ2v) is 5.93. The molecule has 4 nitrogen and oxygen atoms in total. The number of fused-ring (bicyclic) bond motifs is 1. The predicted octanol–water partition coefficient (Wildman–Crippen LogP) is 2.93. The second kappa shape index (κ2) is 6.52. The first kappa shape index (κ1) is 13.8. The maximum Gasteiger partial charge on any atom is 0.0830 e.